The molecule has 3 N–H and O–H groups in total. The number of nitrogens with two attached hydrogens (primary N) is 1. The number of thioether (sulfide) groups is 1. The zero-order chi connectivity index (χ0) is 17.9. The van der Waals surface area contributed by atoms with Gasteiger partial charge in [-0.05, 0) is 29.8 Å². The molecule has 0 saturated heterocycles. The Morgan fingerprint density at radius 3 is 2.69 bits per heavy atom. The lowest BCUT2D eigenvalue weighted by molar-refractivity contribution is 0.482. The minimum Gasteiger partial charge on any atom is -0.457 e. The van der Waals surface area contributed by atoms with Crippen molar-refractivity contribution in [3.63, 3.8) is 0 Å². The van der Waals surface area contributed by atoms with Gasteiger partial charge >= 0.3 is 0 Å². The van der Waals surface area contributed by atoms with Gasteiger partial charge in [0.1, 0.15) is 17.3 Å². The van der Waals surface area contributed by atoms with Gasteiger partial charge in [0.15, 0.2) is 5.16 Å². The molecule has 2 aromatic heterocycles. The molecule has 0 aliphatic rings. The fourth-order valence-corrected chi connectivity index (χ4v) is 3.39. The van der Waals surface area contributed by atoms with Crippen LogP contribution in [0.15, 0.2) is 70.6 Å². The summed E-state index contributed by atoms with van der Waals surface area (Å²) in [6, 6.07) is 18.8. The Balaban J connectivity index is 1.52. The van der Waals surface area contributed by atoms with E-state index in [4.69, 9.17) is 10.5 Å². The molecule has 0 amide bonds. The summed E-state index contributed by atoms with van der Waals surface area (Å²) in [4.78, 5) is 14.0. The third-order valence-corrected chi connectivity index (χ3v) is 4.65. The molecule has 0 atom stereocenters. The summed E-state index contributed by atoms with van der Waals surface area (Å²) in [5.74, 6) is 2.85. The number of para-hydroxylation sites is 1. The van der Waals surface area contributed by atoms with Crippen LogP contribution in [0.5, 0.6) is 11.5 Å². The average molecular weight is 365 g/mol. The highest BCUT2D eigenvalue weighted by Gasteiger charge is 2.10. The number of H-pyrrole nitrogens is 1. The van der Waals surface area contributed by atoms with Crippen LogP contribution in [0.4, 0.5) is 5.82 Å². The number of fused-ring (bicyclic) bond motifs is 1. The first kappa shape index (κ1) is 16.2. The first-order valence-electron chi connectivity index (χ1n) is 7.87. The highest BCUT2D eigenvalue weighted by molar-refractivity contribution is 7.98. The van der Waals surface area contributed by atoms with E-state index in [2.05, 4.69) is 15.2 Å². The molecule has 0 unspecified atom stereocenters. The van der Waals surface area contributed by atoms with Crippen molar-refractivity contribution in [3.05, 3.63) is 76.6 Å². The summed E-state index contributed by atoms with van der Waals surface area (Å²) in [6.45, 7) is 0. The minimum atomic E-state index is -0.301. The average Bonchev–Trinajstić information content (AvgIpc) is 3.04. The first-order valence-corrected chi connectivity index (χ1v) is 8.86. The minimum absolute atomic E-state index is 0.301. The number of benzene rings is 2. The molecule has 4 aromatic rings. The number of hydrogen-bond donors (Lipinski definition) is 2. The van der Waals surface area contributed by atoms with Crippen LogP contribution < -0.4 is 16.0 Å². The summed E-state index contributed by atoms with van der Waals surface area (Å²) in [6.07, 6.45) is 0. The predicted molar refractivity (Wildman–Crippen MR) is 101 cm³/mol. The van der Waals surface area contributed by atoms with Crippen LogP contribution in [0.2, 0.25) is 0 Å². The van der Waals surface area contributed by atoms with Gasteiger partial charge in [0, 0.05) is 11.8 Å². The highest BCUT2D eigenvalue weighted by Crippen LogP contribution is 2.26. The van der Waals surface area contributed by atoms with Crippen molar-refractivity contribution in [1.82, 2.24) is 19.6 Å². The zero-order valence-electron chi connectivity index (χ0n) is 13.6. The number of nitrogens with one attached hydrogen (secondary N) is 1. The molecule has 0 spiro atoms. The molecule has 0 saturated carbocycles. The predicted octanol–water partition coefficient (Wildman–Crippen LogP) is 3.08. The molecule has 7 nitrogen and oxygen atoms in total. The van der Waals surface area contributed by atoms with Crippen LogP contribution >= 0.6 is 11.8 Å². The fraction of sp³-hybridized carbons (Fsp3) is 0.0556. The monoisotopic (exact) mass is 365 g/mol. The van der Waals surface area contributed by atoms with E-state index in [9.17, 15) is 4.79 Å². The summed E-state index contributed by atoms with van der Waals surface area (Å²) in [7, 11) is 0. The summed E-state index contributed by atoms with van der Waals surface area (Å²) in [5, 5.41) is 8.67. The molecule has 0 aliphatic carbocycles. The topological polar surface area (TPSA) is 98.3 Å². The van der Waals surface area contributed by atoms with Gasteiger partial charge in [-0.1, -0.05) is 42.1 Å². The van der Waals surface area contributed by atoms with Crippen molar-refractivity contribution in [3.8, 4) is 11.5 Å². The van der Waals surface area contributed by atoms with E-state index in [0.29, 0.717) is 22.5 Å². The van der Waals surface area contributed by atoms with E-state index >= 15 is 0 Å². The summed E-state index contributed by atoms with van der Waals surface area (Å²) >= 11 is 1.48. The Morgan fingerprint density at radius 2 is 1.85 bits per heavy atom. The van der Waals surface area contributed by atoms with Crippen molar-refractivity contribution in [2.45, 2.75) is 10.9 Å². The smallest absolute Gasteiger partial charge is 0.254 e. The number of ether oxygens (including phenoxy) is 1. The van der Waals surface area contributed by atoms with Crippen molar-refractivity contribution >= 4 is 23.4 Å². The van der Waals surface area contributed by atoms with E-state index < -0.39 is 0 Å². The third kappa shape index (κ3) is 3.40. The number of aromatic amines is 1. The quantitative estimate of drug-likeness (QED) is 0.527. The fourth-order valence-electron chi connectivity index (χ4n) is 2.49. The van der Waals surface area contributed by atoms with Gasteiger partial charge in [-0.3, -0.25) is 9.78 Å². The normalized spacial score (nSPS) is 10.9. The van der Waals surface area contributed by atoms with Crippen LogP contribution in [-0.4, -0.2) is 19.6 Å². The maximum absolute atomic E-state index is 11.4. The van der Waals surface area contributed by atoms with Gasteiger partial charge < -0.3 is 10.5 Å². The number of anilines is 1. The highest BCUT2D eigenvalue weighted by atomic mass is 32.2. The van der Waals surface area contributed by atoms with E-state index in [1.165, 1.54) is 17.8 Å². The third-order valence-electron chi connectivity index (χ3n) is 3.65. The number of nitrogens with zero attached hydrogens (tertiary/aromatic N) is 3. The number of nitrogen functional groups attached to an aromatic ring is 1. The zero-order valence-corrected chi connectivity index (χ0v) is 14.4. The molecule has 2 heterocycles. The lowest BCUT2D eigenvalue weighted by Gasteiger charge is -2.07. The SMILES string of the molecule is Nc1cc(=O)[nH]c2nnc(SCc3cccc(Oc4ccccc4)c3)n12. The van der Waals surface area contributed by atoms with E-state index in [1.54, 1.807) is 4.40 Å². The summed E-state index contributed by atoms with van der Waals surface area (Å²) < 4.78 is 7.48. The molecular formula is C18H15N5O2S. The molecule has 130 valence electrons. The van der Waals surface area contributed by atoms with E-state index in [-0.39, 0.29) is 5.56 Å². The van der Waals surface area contributed by atoms with Gasteiger partial charge in [0.2, 0.25) is 5.78 Å². The molecule has 0 fully saturated rings. The first-order chi connectivity index (χ1) is 12.7. The van der Waals surface area contributed by atoms with Gasteiger partial charge in [-0.15, -0.1) is 10.2 Å². The van der Waals surface area contributed by atoms with Gasteiger partial charge in [0.25, 0.3) is 5.56 Å². The number of rotatable bonds is 5. The van der Waals surface area contributed by atoms with Crippen LogP contribution in [0, 0.1) is 0 Å². The second kappa shape index (κ2) is 6.93. The van der Waals surface area contributed by atoms with Crippen LogP contribution in [-0.2, 0) is 5.75 Å². The van der Waals surface area contributed by atoms with Crippen molar-refractivity contribution in [2.24, 2.45) is 0 Å². The van der Waals surface area contributed by atoms with E-state index in [0.717, 1.165) is 17.1 Å². The van der Waals surface area contributed by atoms with Crippen molar-refractivity contribution in [2.75, 3.05) is 5.73 Å². The molecule has 8 heteroatoms. The lowest BCUT2D eigenvalue weighted by Crippen LogP contribution is -2.11. The lowest BCUT2D eigenvalue weighted by atomic mass is 10.2. The van der Waals surface area contributed by atoms with Crippen molar-refractivity contribution in [1.29, 1.82) is 0 Å². The second-order valence-electron chi connectivity index (χ2n) is 5.55. The number of hydrogen-bond acceptors (Lipinski definition) is 6. The van der Waals surface area contributed by atoms with Gasteiger partial charge in [-0.25, -0.2) is 4.40 Å². The standard InChI is InChI=1S/C18H15N5O2S/c19-15-10-16(24)20-17-21-22-18(23(15)17)26-11-12-5-4-8-14(9-12)25-13-6-2-1-3-7-13/h1-10H,11,19H2,(H,20,21,24). The Labute approximate surface area is 152 Å². The molecular weight excluding hydrogens is 350 g/mol. The van der Waals surface area contributed by atoms with Crippen LogP contribution in [0.3, 0.4) is 0 Å². The molecule has 0 bridgehead atoms. The van der Waals surface area contributed by atoms with E-state index in [1.807, 2.05) is 54.6 Å². The molecule has 4 rings (SSSR count). The Bertz CT molecular complexity index is 1110. The van der Waals surface area contributed by atoms with Crippen LogP contribution in [0.1, 0.15) is 5.56 Å². The van der Waals surface area contributed by atoms with Crippen molar-refractivity contribution < 1.29 is 4.74 Å². The Hall–Kier alpha value is -3.26. The number of aromatic nitrogens is 4. The second-order valence-corrected chi connectivity index (χ2v) is 6.49. The molecule has 2 aromatic carbocycles. The molecule has 0 aliphatic heterocycles. The van der Waals surface area contributed by atoms with Crippen LogP contribution in [0.25, 0.3) is 5.78 Å². The molecule has 26 heavy (non-hydrogen) atoms. The Morgan fingerprint density at radius 1 is 1.04 bits per heavy atom. The Kier molecular flexibility index (Phi) is 4.32. The summed E-state index contributed by atoms with van der Waals surface area (Å²) in [5.41, 5.74) is 6.68. The maximum atomic E-state index is 11.4. The maximum Gasteiger partial charge on any atom is 0.254 e. The largest absolute Gasteiger partial charge is 0.457 e. The molecule has 0 radical (unpaired) electrons. The van der Waals surface area contributed by atoms with Gasteiger partial charge in [0.05, 0.1) is 0 Å². The van der Waals surface area contributed by atoms with Gasteiger partial charge in [-0.2, -0.15) is 0 Å².